The Morgan fingerprint density at radius 3 is 2.92 bits per heavy atom. The maximum absolute atomic E-state index is 12.3. The van der Waals surface area contributed by atoms with Crippen LogP contribution in [-0.2, 0) is 4.74 Å². The molecule has 0 unspecified atom stereocenters. The molecule has 2 atom stereocenters. The van der Waals surface area contributed by atoms with Gasteiger partial charge in [0.15, 0.2) is 0 Å². The van der Waals surface area contributed by atoms with Crippen molar-refractivity contribution in [2.24, 2.45) is 0 Å². The van der Waals surface area contributed by atoms with Gasteiger partial charge in [-0.05, 0) is 50.1 Å². The van der Waals surface area contributed by atoms with Crippen LogP contribution < -0.4 is 10.2 Å². The number of ether oxygens (including phenoxy) is 1. The fourth-order valence-electron chi connectivity index (χ4n) is 3.65. The molecule has 1 aromatic rings. The van der Waals surface area contributed by atoms with Crippen LogP contribution in [0.2, 0.25) is 0 Å². The summed E-state index contributed by atoms with van der Waals surface area (Å²) in [5.74, 6) is -0.0214. The van der Waals surface area contributed by atoms with Crippen molar-refractivity contribution in [2.75, 3.05) is 44.7 Å². The Kier molecular flexibility index (Phi) is 5.74. The molecule has 3 rings (SSSR count). The van der Waals surface area contributed by atoms with Crippen molar-refractivity contribution in [2.45, 2.75) is 38.3 Å². The van der Waals surface area contributed by atoms with E-state index in [1.54, 1.807) is 0 Å². The third-order valence-electron chi connectivity index (χ3n) is 5.08. The average Bonchev–Trinajstić information content (AvgIpc) is 3.07. The number of morpholine rings is 1. The Bertz CT molecular complexity index is 546. The van der Waals surface area contributed by atoms with Gasteiger partial charge in [-0.2, -0.15) is 0 Å². The highest BCUT2D eigenvalue weighted by Crippen LogP contribution is 2.22. The van der Waals surface area contributed by atoms with Gasteiger partial charge in [-0.1, -0.05) is 6.92 Å². The molecule has 2 aliphatic rings. The summed E-state index contributed by atoms with van der Waals surface area (Å²) in [6.07, 6.45) is 3.74. The first kappa shape index (κ1) is 17.2. The molecule has 1 amide bonds. The Morgan fingerprint density at radius 1 is 1.38 bits per heavy atom. The van der Waals surface area contributed by atoms with E-state index in [9.17, 15) is 4.79 Å². The lowest BCUT2D eigenvalue weighted by Gasteiger charge is -2.35. The number of carbonyl (C=O) groups is 1. The molecule has 0 radical (unpaired) electrons. The summed E-state index contributed by atoms with van der Waals surface area (Å²) >= 11 is 0. The highest BCUT2D eigenvalue weighted by molar-refractivity contribution is 5.94. The van der Waals surface area contributed by atoms with Crippen molar-refractivity contribution in [3.05, 3.63) is 29.8 Å². The van der Waals surface area contributed by atoms with Crippen LogP contribution in [0.5, 0.6) is 0 Å². The van der Waals surface area contributed by atoms with Gasteiger partial charge in [0, 0.05) is 44.0 Å². The van der Waals surface area contributed by atoms with Gasteiger partial charge in [-0.25, -0.2) is 0 Å². The minimum Gasteiger partial charge on any atom is -0.375 e. The van der Waals surface area contributed by atoms with E-state index in [2.05, 4.69) is 29.1 Å². The molecule has 132 valence electrons. The van der Waals surface area contributed by atoms with Gasteiger partial charge in [-0.15, -0.1) is 0 Å². The van der Waals surface area contributed by atoms with Gasteiger partial charge < -0.3 is 15.0 Å². The van der Waals surface area contributed by atoms with Crippen molar-refractivity contribution >= 4 is 11.6 Å². The number of nitrogens with one attached hydrogen (secondary N) is 1. The molecule has 5 heteroatoms. The van der Waals surface area contributed by atoms with Crippen LogP contribution >= 0.6 is 0 Å². The first-order chi connectivity index (χ1) is 11.7. The van der Waals surface area contributed by atoms with E-state index in [0.29, 0.717) is 18.2 Å². The Morgan fingerprint density at radius 2 is 2.17 bits per heavy atom. The number of fused-ring (bicyclic) bond motifs is 1. The number of amides is 1. The largest absolute Gasteiger partial charge is 0.375 e. The zero-order valence-corrected chi connectivity index (χ0v) is 14.8. The minimum absolute atomic E-state index is 0.0214. The molecule has 0 aliphatic carbocycles. The summed E-state index contributed by atoms with van der Waals surface area (Å²) < 4.78 is 5.89. The molecular formula is C19H29N3O2. The van der Waals surface area contributed by atoms with Gasteiger partial charge in [0.2, 0.25) is 0 Å². The molecule has 0 spiro atoms. The SMILES string of the molecule is CCCN(C)c1ccc(C(=O)NC[C@@H]2CN3CCC[C@@H]3CO2)cc1. The van der Waals surface area contributed by atoms with Crippen molar-refractivity contribution < 1.29 is 9.53 Å². The average molecular weight is 331 g/mol. The number of anilines is 1. The van der Waals surface area contributed by atoms with E-state index in [1.165, 1.54) is 19.4 Å². The molecule has 0 aromatic heterocycles. The van der Waals surface area contributed by atoms with Crippen LogP contribution in [0.15, 0.2) is 24.3 Å². The van der Waals surface area contributed by atoms with Crippen LogP contribution in [0.25, 0.3) is 0 Å². The normalized spacial score (nSPS) is 23.8. The second-order valence-electron chi connectivity index (χ2n) is 6.92. The van der Waals surface area contributed by atoms with E-state index < -0.39 is 0 Å². The first-order valence-electron chi connectivity index (χ1n) is 9.12. The molecule has 1 aromatic carbocycles. The molecule has 1 N–H and O–H groups in total. The summed E-state index contributed by atoms with van der Waals surface area (Å²) in [4.78, 5) is 17.0. The highest BCUT2D eigenvalue weighted by atomic mass is 16.5. The predicted molar refractivity (Wildman–Crippen MR) is 96.7 cm³/mol. The number of hydrogen-bond acceptors (Lipinski definition) is 4. The van der Waals surface area contributed by atoms with Crippen molar-refractivity contribution in [3.63, 3.8) is 0 Å². The number of hydrogen-bond donors (Lipinski definition) is 1. The molecule has 0 saturated carbocycles. The fraction of sp³-hybridized carbons (Fsp3) is 0.632. The standard InChI is InChI=1S/C19H29N3O2/c1-3-10-21(2)16-8-6-15(7-9-16)19(23)20-12-18-13-22-11-4-5-17(22)14-24-18/h6-9,17-18H,3-5,10-14H2,1-2H3,(H,20,23)/t17-,18-/m1/s1. The van der Waals surface area contributed by atoms with Gasteiger partial charge >= 0.3 is 0 Å². The van der Waals surface area contributed by atoms with Crippen molar-refractivity contribution in [1.29, 1.82) is 0 Å². The lowest BCUT2D eigenvalue weighted by atomic mass is 10.1. The first-order valence-corrected chi connectivity index (χ1v) is 9.12. The molecule has 2 heterocycles. The van der Waals surface area contributed by atoms with Crippen LogP contribution in [0.1, 0.15) is 36.5 Å². The second kappa shape index (κ2) is 7.99. The van der Waals surface area contributed by atoms with Crippen LogP contribution in [0.3, 0.4) is 0 Å². The number of benzene rings is 1. The molecule has 2 saturated heterocycles. The van der Waals surface area contributed by atoms with Crippen molar-refractivity contribution in [3.8, 4) is 0 Å². The lowest BCUT2D eigenvalue weighted by Crippen LogP contribution is -2.50. The van der Waals surface area contributed by atoms with E-state index in [-0.39, 0.29) is 12.0 Å². The minimum atomic E-state index is -0.0214. The Labute approximate surface area is 145 Å². The fourth-order valence-corrected chi connectivity index (χ4v) is 3.65. The maximum Gasteiger partial charge on any atom is 0.251 e. The summed E-state index contributed by atoms with van der Waals surface area (Å²) in [6.45, 7) is 6.67. The zero-order valence-electron chi connectivity index (χ0n) is 14.8. The third-order valence-corrected chi connectivity index (χ3v) is 5.08. The summed E-state index contributed by atoms with van der Waals surface area (Å²) in [6, 6.07) is 8.42. The highest BCUT2D eigenvalue weighted by Gasteiger charge is 2.32. The number of nitrogens with zero attached hydrogens (tertiary/aromatic N) is 2. The van der Waals surface area contributed by atoms with Crippen LogP contribution in [-0.4, -0.2) is 62.8 Å². The second-order valence-corrected chi connectivity index (χ2v) is 6.92. The molecule has 2 aliphatic heterocycles. The monoisotopic (exact) mass is 331 g/mol. The number of rotatable bonds is 6. The van der Waals surface area contributed by atoms with E-state index >= 15 is 0 Å². The third kappa shape index (κ3) is 4.08. The van der Waals surface area contributed by atoms with Gasteiger partial charge in [0.25, 0.3) is 5.91 Å². The van der Waals surface area contributed by atoms with Crippen LogP contribution in [0.4, 0.5) is 5.69 Å². The maximum atomic E-state index is 12.3. The Hall–Kier alpha value is -1.59. The van der Waals surface area contributed by atoms with E-state index in [0.717, 1.165) is 31.8 Å². The van der Waals surface area contributed by atoms with E-state index in [4.69, 9.17) is 4.74 Å². The lowest BCUT2D eigenvalue weighted by molar-refractivity contribution is -0.0461. The van der Waals surface area contributed by atoms with Gasteiger partial charge in [0.05, 0.1) is 12.7 Å². The molecule has 5 nitrogen and oxygen atoms in total. The molecular weight excluding hydrogens is 302 g/mol. The summed E-state index contributed by atoms with van der Waals surface area (Å²) in [7, 11) is 2.07. The van der Waals surface area contributed by atoms with Gasteiger partial charge in [-0.3, -0.25) is 9.69 Å². The smallest absolute Gasteiger partial charge is 0.251 e. The quantitative estimate of drug-likeness (QED) is 0.867. The van der Waals surface area contributed by atoms with Gasteiger partial charge in [0.1, 0.15) is 0 Å². The molecule has 24 heavy (non-hydrogen) atoms. The van der Waals surface area contributed by atoms with Crippen molar-refractivity contribution in [1.82, 2.24) is 10.2 Å². The van der Waals surface area contributed by atoms with E-state index in [1.807, 2.05) is 24.3 Å². The molecule has 2 fully saturated rings. The Balaban J connectivity index is 1.48. The zero-order chi connectivity index (χ0) is 16.9. The van der Waals surface area contributed by atoms with Crippen LogP contribution in [0, 0.1) is 0 Å². The predicted octanol–water partition coefficient (Wildman–Crippen LogP) is 2.13. The molecule has 0 bridgehead atoms. The summed E-state index contributed by atoms with van der Waals surface area (Å²) in [5, 5.41) is 3.02. The number of carbonyl (C=O) groups excluding carboxylic acids is 1. The summed E-state index contributed by atoms with van der Waals surface area (Å²) in [5.41, 5.74) is 1.85. The topological polar surface area (TPSA) is 44.8 Å².